The Morgan fingerprint density at radius 1 is 1.13 bits per heavy atom. The monoisotopic (exact) mass is 204 g/mol. The van der Waals surface area contributed by atoms with Crippen LogP contribution in [0, 0.1) is 19.3 Å². The van der Waals surface area contributed by atoms with E-state index in [9.17, 15) is 0 Å². The van der Waals surface area contributed by atoms with Crippen LogP contribution in [0.4, 0.5) is 0 Å². The van der Waals surface area contributed by atoms with Crippen LogP contribution < -0.4 is 5.73 Å². The first-order chi connectivity index (χ1) is 6.73. The lowest BCUT2D eigenvalue weighted by molar-refractivity contribution is 0.582. The van der Waals surface area contributed by atoms with Gasteiger partial charge in [0.05, 0.1) is 0 Å². The lowest BCUT2D eigenvalue weighted by Gasteiger charge is -2.25. The molecular formula is C13H20N2. The fraction of sp³-hybridized carbons (Fsp3) is 0.462. The predicted molar refractivity (Wildman–Crippen MR) is 65.6 cm³/mol. The lowest BCUT2D eigenvalue weighted by Crippen LogP contribution is -2.18. The van der Waals surface area contributed by atoms with Crippen LogP contribution in [0.5, 0.6) is 0 Å². The van der Waals surface area contributed by atoms with Gasteiger partial charge in [-0.05, 0) is 48.1 Å². The molecule has 0 aliphatic carbocycles. The van der Waals surface area contributed by atoms with E-state index in [0.717, 1.165) is 5.56 Å². The Hall–Kier alpha value is -1.31. The molecule has 0 aromatic heterocycles. The number of aryl methyl sites for hydroxylation is 2. The molecule has 0 unspecified atom stereocenters. The van der Waals surface area contributed by atoms with Crippen molar-refractivity contribution in [1.29, 1.82) is 5.41 Å². The Morgan fingerprint density at radius 3 is 1.80 bits per heavy atom. The van der Waals surface area contributed by atoms with Crippen molar-refractivity contribution in [2.24, 2.45) is 5.73 Å². The number of hydrogen-bond donors (Lipinski definition) is 2. The van der Waals surface area contributed by atoms with Crippen molar-refractivity contribution in [3.63, 3.8) is 0 Å². The van der Waals surface area contributed by atoms with E-state index >= 15 is 0 Å². The van der Waals surface area contributed by atoms with Gasteiger partial charge in [0.25, 0.3) is 0 Å². The van der Waals surface area contributed by atoms with Crippen LogP contribution in [-0.2, 0) is 5.41 Å². The van der Waals surface area contributed by atoms with Gasteiger partial charge in [0.1, 0.15) is 5.84 Å². The molecule has 1 aromatic carbocycles. The summed E-state index contributed by atoms with van der Waals surface area (Å²) >= 11 is 0. The SMILES string of the molecule is Cc1cc(C(=N)N)cc(C)c1C(C)(C)C. The van der Waals surface area contributed by atoms with Crippen molar-refractivity contribution in [2.45, 2.75) is 40.0 Å². The van der Waals surface area contributed by atoms with Crippen LogP contribution in [-0.4, -0.2) is 5.84 Å². The number of amidine groups is 1. The molecule has 0 fully saturated rings. The van der Waals surface area contributed by atoms with Gasteiger partial charge in [0, 0.05) is 5.56 Å². The maximum absolute atomic E-state index is 7.43. The fourth-order valence-electron chi connectivity index (χ4n) is 2.30. The van der Waals surface area contributed by atoms with Gasteiger partial charge in [-0.1, -0.05) is 20.8 Å². The molecular weight excluding hydrogens is 184 g/mol. The van der Waals surface area contributed by atoms with Crippen molar-refractivity contribution < 1.29 is 0 Å². The number of nitrogens with two attached hydrogens (primary N) is 1. The van der Waals surface area contributed by atoms with Crippen molar-refractivity contribution in [3.05, 3.63) is 34.4 Å². The zero-order chi connectivity index (χ0) is 11.8. The lowest BCUT2D eigenvalue weighted by atomic mass is 9.80. The molecule has 1 aromatic rings. The molecule has 0 aliphatic rings. The smallest absolute Gasteiger partial charge is 0.122 e. The molecule has 0 saturated heterocycles. The quantitative estimate of drug-likeness (QED) is 0.536. The summed E-state index contributed by atoms with van der Waals surface area (Å²) < 4.78 is 0. The van der Waals surface area contributed by atoms with E-state index in [2.05, 4.69) is 34.6 Å². The third-order valence-electron chi connectivity index (χ3n) is 2.59. The molecule has 2 heteroatoms. The van der Waals surface area contributed by atoms with E-state index in [0.29, 0.717) is 0 Å². The second kappa shape index (κ2) is 3.69. The molecule has 82 valence electrons. The van der Waals surface area contributed by atoms with Crippen molar-refractivity contribution >= 4 is 5.84 Å². The largest absolute Gasteiger partial charge is 0.384 e. The second-order valence-electron chi connectivity index (χ2n) is 5.15. The zero-order valence-electron chi connectivity index (χ0n) is 10.2. The minimum Gasteiger partial charge on any atom is -0.384 e. The minimum atomic E-state index is 0.140. The predicted octanol–water partition coefficient (Wildman–Crippen LogP) is 2.89. The number of nitrogens with one attached hydrogen (secondary N) is 1. The highest BCUT2D eigenvalue weighted by molar-refractivity contribution is 5.95. The van der Waals surface area contributed by atoms with Gasteiger partial charge < -0.3 is 5.73 Å². The Bertz CT molecular complexity index is 374. The van der Waals surface area contributed by atoms with Gasteiger partial charge in [0.15, 0.2) is 0 Å². The molecule has 0 radical (unpaired) electrons. The number of benzene rings is 1. The normalized spacial score (nSPS) is 11.5. The first-order valence-electron chi connectivity index (χ1n) is 5.19. The van der Waals surface area contributed by atoms with E-state index in [-0.39, 0.29) is 11.3 Å². The molecule has 0 amide bonds. The van der Waals surface area contributed by atoms with Crippen molar-refractivity contribution in [3.8, 4) is 0 Å². The number of nitrogen functional groups attached to an aromatic ring is 1. The topological polar surface area (TPSA) is 49.9 Å². The Morgan fingerprint density at radius 2 is 1.53 bits per heavy atom. The first-order valence-corrected chi connectivity index (χ1v) is 5.19. The molecule has 0 spiro atoms. The molecule has 0 heterocycles. The first kappa shape index (κ1) is 11.8. The van der Waals surface area contributed by atoms with Crippen LogP contribution >= 0.6 is 0 Å². The van der Waals surface area contributed by atoms with Crippen LogP contribution in [0.25, 0.3) is 0 Å². The molecule has 0 aliphatic heterocycles. The van der Waals surface area contributed by atoms with Gasteiger partial charge >= 0.3 is 0 Å². The van der Waals surface area contributed by atoms with Crippen LogP contribution in [0.1, 0.15) is 43.0 Å². The van der Waals surface area contributed by atoms with Gasteiger partial charge in [-0.2, -0.15) is 0 Å². The van der Waals surface area contributed by atoms with E-state index in [4.69, 9.17) is 11.1 Å². The second-order valence-corrected chi connectivity index (χ2v) is 5.15. The Balaban J connectivity index is 3.41. The highest BCUT2D eigenvalue weighted by Gasteiger charge is 2.19. The summed E-state index contributed by atoms with van der Waals surface area (Å²) in [6.45, 7) is 10.8. The van der Waals surface area contributed by atoms with Crippen LogP contribution in [0.2, 0.25) is 0 Å². The molecule has 3 N–H and O–H groups in total. The zero-order valence-corrected chi connectivity index (χ0v) is 10.2. The fourth-order valence-corrected chi connectivity index (χ4v) is 2.30. The van der Waals surface area contributed by atoms with Crippen LogP contribution in [0.15, 0.2) is 12.1 Å². The van der Waals surface area contributed by atoms with Gasteiger partial charge in [0.2, 0.25) is 0 Å². The molecule has 2 nitrogen and oxygen atoms in total. The molecule has 0 bridgehead atoms. The van der Waals surface area contributed by atoms with Crippen molar-refractivity contribution in [2.75, 3.05) is 0 Å². The third kappa shape index (κ3) is 2.38. The van der Waals surface area contributed by atoms with Crippen LogP contribution in [0.3, 0.4) is 0 Å². The maximum atomic E-state index is 7.43. The highest BCUT2D eigenvalue weighted by atomic mass is 14.7. The standard InChI is InChI=1S/C13H20N2/c1-8-6-10(12(14)15)7-9(2)11(8)13(3,4)5/h6-7H,1-5H3,(H3,14,15). The average molecular weight is 204 g/mol. The van der Waals surface area contributed by atoms with Gasteiger partial charge in [-0.15, -0.1) is 0 Å². The number of hydrogen-bond acceptors (Lipinski definition) is 1. The summed E-state index contributed by atoms with van der Waals surface area (Å²) in [5.74, 6) is 0.140. The van der Waals surface area contributed by atoms with E-state index in [1.807, 2.05) is 12.1 Å². The maximum Gasteiger partial charge on any atom is 0.122 e. The minimum absolute atomic E-state index is 0.140. The van der Waals surface area contributed by atoms with Gasteiger partial charge in [-0.25, -0.2) is 0 Å². The summed E-state index contributed by atoms with van der Waals surface area (Å²) in [7, 11) is 0. The summed E-state index contributed by atoms with van der Waals surface area (Å²) in [6.07, 6.45) is 0. The Kier molecular flexibility index (Phi) is 2.89. The summed E-state index contributed by atoms with van der Waals surface area (Å²) in [5, 5.41) is 7.43. The summed E-state index contributed by atoms with van der Waals surface area (Å²) in [4.78, 5) is 0. The van der Waals surface area contributed by atoms with Gasteiger partial charge in [-0.3, -0.25) is 5.41 Å². The highest BCUT2D eigenvalue weighted by Crippen LogP contribution is 2.29. The molecule has 15 heavy (non-hydrogen) atoms. The molecule has 0 saturated carbocycles. The average Bonchev–Trinajstić information content (AvgIpc) is 1.99. The van der Waals surface area contributed by atoms with Crippen molar-refractivity contribution in [1.82, 2.24) is 0 Å². The third-order valence-corrected chi connectivity index (χ3v) is 2.59. The summed E-state index contributed by atoms with van der Waals surface area (Å²) in [6, 6.07) is 3.99. The summed E-state index contributed by atoms with van der Waals surface area (Å²) in [5.41, 5.74) is 10.2. The van der Waals surface area contributed by atoms with E-state index in [1.54, 1.807) is 0 Å². The Labute approximate surface area is 92.0 Å². The molecule has 0 atom stereocenters. The number of rotatable bonds is 1. The molecule has 1 rings (SSSR count). The van der Waals surface area contributed by atoms with E-state index in [1.165, 1.54) is 16.7 Å². The van der Waals surface area contributed by atoms with E-state index < -0.39 is 0 Å².